The summed E-state index contributed by atoms with van der Waals surface area (Å²) in [5.74, 6) is -0.940. The van der Waals surface area contributed by atoms with E-state index in [0.717, 1.165) is 18.9 Å². The number of nitro groups is 1. The van der Waals surface area contributed by atoms with Gasteiger partial charge in [0.25, 0.3) is 11.6 Å². The Morgan fingerprint density at radius 2 is 1.71 bits per heavy atom. The van der Waals surface area contributed by atoms with Crippen LogP contribution in [-0.4, -0.2) is 65.3 Å². The number of nitro benzene ring substituents is 1. The summed E-state index contributed by atoms with van der Waals surface area (Å²) in [7, 11) is 0. The zero-order valence-corrected chi connectivity index (χ0v) is 18.7. The molecule has 1 aliphatic heterocycles. The smallest absolute Gasteiger partial charge is 0.377 e. The third-order valence-electron chi connectivity index (χ3n) is 5.91. The molecule has 0 spiro atoms. The van der Waals surface area contributed by atoms with Crippen molar-refractivity contribution in [1.82, 2.24) is 9.80 Å². The maximum Gasteiger partial charge on any atom is 0.418 e. The number of nitrogens with zero attached hydrogens (tertiary/aromatic N) is 3. The summed E-state index contributed by atoms with van der Waals surface area (Å²) < 4.78 is 39.4. The van der Waals surface area contributed by atoms with Gasteiger partial charge in [-0.2, -0.15) is 13.2 Å². The molecule has 1 saturated heterocycles. The number of rotatable bonds is 7. The maximum atomic E-state index is 13.1. The largest absolute Gasteiger partial charge is 0.418 e. The van der Waals surface area contributed by atoms with Gasteiger partial charge in [0.15, 0.2) is 0 Å². The first kappa shape index (κ1) is 24.5. The van der Waals surface area contributed by atoms with E-state index in [0.29, 0.717) is 18.8 Å². The summed E-state index contributed by atoms with van der Waals surface area (Å²) in [6, 6.07) is 9.35. The molecule has 4 rings (SSSR count). The van der Waals surface area contributed by atoms with Crippen molar-refractivity contribution in [2.75, 3.05) is 43.4 Å². The first-order valence-corrected chi connectivity index (χ1v) is 11.1. The molecule has 12 heteroatoms. The van der Waals surface area contributed by atoms with Crippen LogP contribution in [0.4, 0.5) is 30.2 Å². The van der Waals surface area contributed by atoms with Crippen LogP contribution >= 0.6 is 0 Å². The summed E-state index contributed by atoms with van der Waals surface area (Å²) in [4.78, 5) is 39.5. The van der Waals surface area contributed by atoms with Crippen LogP contribution in [-0.2, 0) is 11.0 Å². The van der Waals surface area contributed by atoms with Crippen molar-refractivity contribution >= 4 is 28.9 Å². The van der Waals surface area contributed by atoms with Gasteiger partial charge in [-0.15, -0.1) is 0 Å². The molecule has 186 valence electrons. The summed E-state index contributed by atoms with van der Waals surface area (Å²) in [6.45, 7) is 1.11. The lowest BCUT2D eigenvalue weighted by molar-refractivity contribution is -0.384. The molecule has 2 aromatic carbocycles. The monoisotopic (exact) mass is 491 g/mol. The molecule has 0 bridgehead atoms. The molecule has 2 amide bonds. The van der Waals surface area contributed by atoms with E-state index in [4.69, 9.17) is 0 Å². The van der Waals surface area contributed by atoms with Crippen LogP contribution in [0, 0.1) is 10.1 Å². The van der Waals surface area contributed by atoms with E-state index in [1.54, 1.807) is 21.9 Å². The topological polar surface area (TPSA) is 108 Å². The predicted molar refractivity (Wildman–Crippen MR) is 122 cm³/mol. The Kier molecular flexibility index (Phi) is 6.92. The highest BCUT2D eigenvalue weighted by atomic mass is 19.4. The number of carbonyl (C=O) groups excluding carboxylic acids is 2. The van der Waals surface area contributed by atoms with Gasteiger partial charge in [-0.1, -0.05) is 12.1 Å². The molecule has 1 aliphatic carbocycles. The molecular formula is C23H24F3N5O4. The Hall–Kier alpha value is -3.67. The number of piperazine rings is 1. The average molecular weight is 491 g/mol. The van der Waals surface area contributed by atoms with Crippen LogP contribution in [0.1, 0.15) is 28.8 Å². The van der Waals surface area contributed by atoms with Gasteiger partial charge in [0, 0.05) is 43.9 Å². The molecule has 35 heavy (non-hydrogen) atoms. The Balaban J connectivity index is 1.33. The third kappa shape index (κ3) is 6.07. The Morgan fingerprint density at radius 1 is 1.03 bits per heavy atom. The van der Waals surface area contributed by atoms with E-state index < -0.39 is 22.6 Å². The number of nitrogens with one attached hydrogen (secondary N) is 2. The van der Waals surface area contributed by atoms with Crippen molar-refractivity contribution in [3.05, 3.63) is 63.7 Å². The molecule has 0 unspecified atom stereocenters. The normalized spacial score (nSPS) is 16.6. The van der Waals surface area contributed by atoms with E-state index in [2.05, 4.69) is 10.6 Å². The lowest BCUT2D eigenvalue weighted by Crippen LogP contribution is -2.50. The van der Waals surface area contributed by atoms with Crippen molar-refractivity contribution in [2.24, 2.45) is 0 Å². The third-order valence-corrected chi connectivity index (χ3v) is 5.91. The van der Waals surface area contributed by atoms with Gasteiger partial charge in [0.1, 0.15) is 5.69 Å². The predicted octanol–water partition coefficient (Wildman–Crippen LogP) is 3.58. The second kappa shape index (κ2) is 9.90. The number of hydrogen-bond acceptors (Lipinski definition) is 6. The van der Waals surface area contributed by atoms with Crippen LogP contribution in [0.2, 0.25) is 0 Å². The van der Waals surface area contributed by atoms with E-state index in [1.807, 2.05) is 0 Å². The van der Waals surface area contributed by atoms with Crippen LogP contribution in [0.15, 0.2) is 42.5 Å². The van der Waals surface area contributed by atoms with E-state index in [-0.39, 0.29) is 48.5 Å². The maximum absolute atomic E-state index is 13.1. The molecule has 9 nitrogen and oxygen atoms in total. The van der Waals surface area contributed by atoms with Crippen molar-refractivity contribution in [2.45, 2.75) is 25.1 Å². The number of benzene rings is 2. The quantitative estimate of drug-likeness (QED) is 0.453. The Bertz CT molecular complexity index is 1130. The van der Waals surface area contributed by atoms with E-state index >= 15 is 0 Å². The van der Waals surface area contributed by atoms with Gasteiger partial charge in [-0.3, -0.25) is 24.6 Å². The number of carbonyl (C=O) groups is 2. The van der Waals surface area contributed by atoms with Crippen molar-refractivity contribution in [1.29, 1.82) is 0 Å². The highest BCUT2D eigenvalue weighted by molar-refractivity contribution is 5.96. The second-order valence-electron chi connectivity index (χ2n) is 8.57. The first-order valence-electron chi connectivity index (χ1n) is 11.1. The minimum atomic E-state index is -4.59. The zero-order valence-electron chi connectivity index (χ0n) is 18.7. The van der Waals surface area contributed by atoms with Gasteiger partial charge in [0.05, 0.1) is 22.7 Å². The molecule has 2 aliphatic rings. The fraction of sp³-hybridized carbons (Fsp3) is 0.391. The number of amides is 2. The standard InChI is InChI=1S/C23H24F3N5O4/c24-23(25,26)17-3-1-2-4-18(17)28-21(32)14-29-9-11-30(12-10-29)22(33)15-5-8-19(27-16-6-7-16)20(13-15)31(34)35/h1-5,8,13,16,27H,6-7,9-12,14H2,(H,28,32). The highest BCUT2D eigenvalue weighted by Crippen LogP contribution is 2.34. The lowest BCUT2D eigenvalue weighted by atomic mass is 10.1. The minimum absolute atomic E-state index is 0.124. The Labute approximate surface area is 199 Å². The molecule has 2 fully saturated rings. The molecule has 0 aromatic heterocycles. The summed E-state index contributed by atoms with van der Waals surface area (Å²) >= 11 is 0. The molecule has 1 heterocycles. The second-order valence-corrected chi connectivity index (χ2v) is 8.57. The molecule has 0 radical (unpaired) electrons. The number of halogens is 3. The first-order chi connectivity index (χ1) is 16.6. The fourth-order valence-electron chi connectivity index (χ4n) is 3.91. The number of hydrogen-bond donors (Lipinski definition) is 2. The summed E-state index contributed by atoms with van der Waals surface area (Å²) in [6.07, 6.45) is -2.68. The van der Waals surface area contributed by atoms with Gasteiger partial charge < -0.3 is 15.5 Å². The van der Waals surface area contributed by atoms with Crippen molar-refractivity contribution < 1.29 is 27.7 Å². The van der Waals surface area contributed by atoms with Gasteiger partial charge in [0.2, 0.25) is 5.91 Å². The van der Waals surface area contributed by atoms with Crippen LogP contribution < -0.4 is 10.6 Å². The van der Waals surface area contributed by atoms with Crippen LogP contribution in [0.5, 0.6) is 0 Å². The molecule has 0 atom stereocenters. The van der Waals surface area contributed by atoms with Crippen LogP contribution in [0.3, 0.4) is 0 Å². The SMILES string of the molecule is O=C(CN1CCN(C(=O)c2ccc(NC3CC3)c([N+](=O)[O-])c2)CC1)Nc1ccccc1C(F)(F)F. The van der Waals surface area contributed by atoms with E-state index in [1.165, 1.54) is 24.3 Å². The van der Waals surface area contributed by atoms with Gasteiger partial charge in [-0.05, 0) is 37.1 Å². The van der Waals surface area contributed by atoms with Crippen LogP contribution in [0.25, 0.3) is 0 Å². The number of para-hydroxylation sites is 1. The lowest BCUT2D eigenvalue weighted by Gasteiger charge is -2.34. The molecule has 1 saturated carbocycles. The zero-order chi connectivity index (χ0) is 25.2. The fourth-order valence-corrected chi connectivity index (χ4v) is 3.91. The summed E-state index contributed by atoms with van der Waals surface area (Å²) in [5.41, 5.74) is -0.793. The van der Waals surface area contributed by atoms with Crippen molar-refractivity contribution in [3.8, 4) is 0 Å². The number of alkyl halides is 3. The Morgan fingerprint density at radius 3 is 2.34 bits per heavy atom. The molecular weight excluding hydrogens is 467 g/mol. The summed E-state index contributed by atoms with van der Waals surface area (Å²) in [5, 5.41) is 16.9. The number of anilines is 2. The average Bonchev–Trinajstić information content (AvgIpc) is 3.63. The van der Waals surface area contributed by atoms with E-state index in [9.17, 15) is 32.9 Å². The molecule has 2 aromatic rings. The molecule has 2 N–H and O–H groups in total. The van der Waals surface area contributed by atoms with Gasteiger partial charge in [-0.25, -0.2) is 0 Å². The highest BCUT2D eigenvalue weighted by Gasteiger charge is 2.34. The van der Waals surface area contributed by atoms with Gasteiger partial charge >= 0.3 is 6.18 Å². The minimum Gasteiger partial charge on any atom is -0.377 e. The van der Waals surface area contributed by atoms with Crippen molar-refractivity contribution in [3.63, 3.8) is 0 Å².